The Bertz CT molecular complexity index is 984. The van der Waals surface area contributed by atoms with Gasteiger partial charge >= 0.3 is 0 Å². The number of carbonyl (C=O) groups is 1. The minimum Gasteiger partial charge on any atom is -0.326 e. The molecular formula is C21H24N2O3S. The molecule has 2 aliphatic heterocycles. The molecule has 0 radical (unpaired) electrons. The molecule has 2 aromatic carbocycles. The predicted octanol–water partition coefficient (Wildman–Crippen LogP) is 3.73. The number of aryl methyl sites for hydroxylation is 1. The fourth-order valence-corrected chi connectivity index (χ4v) is 5.94. The Labute approximate surface area is 160 Å². The molecule has 1 fully saturated rings. The number of benzene rings is 2. The van der Waals surface area contributed by atoms with Gasteiger partial charge in [0, 0.05) is 18.7 Å². The lowest BCUT2D eigenvalue weighted by atomic mass is 9.89. The average Bonchev–Trinajstić information content (AvgIpc) is 2.98. The Kier molecular flexibility index (Phi) is 4.35. The van der Waals surface area contributed by atoms with Crippen molar-refractivity contribution in [2.24, 2.45) is 5.41 Å². The Morgan fingerprint density at radius 1 is 1.07 bits per heavy atom. The Morgan fingerprint density at radius 2 is 1.81 bits per heavy atom. The van der Waals surface area contributed by atoms with E-state index >= 15 is 0 Å². The monoisotopic (exact) mass is 384 g/mol. The second-order valence-corrected chi connectivity index (χ2v) is 10.1. The van der Waals surface area contributed by atoms with E-state index in [-0.39, 0.29) is 17.4 Å². The molecule has 142 valence electrons. The first-order valence-electron chi connectivity index (χ1n) is 9.26. The van der Waals surface area contributed by atoms with Crippen molar-refractivity contribution < 1.29 is 13.2 Å². The summed E-state index contributed by atoms with van der Waals surface area (Å²) in [6, 6.07) is 14.7. The predicted molar refractivity (Wildman–Crippen MR) is 105 cm³/mol. The highest BCUT2D eigenvalue weighted by atomic mass is 32.2. The number of amides is 1. The largest absolute Gasteiger partial charge is 0.326 e. The van der Waals surface area contributed by atoms with Crippen LogP contribution in [0.2, 0.25) is 0 Å². The highest BCUT2D eigenvalue weighted by molar-refractivity contribution is 7.89. The van der Waals surface area contributed by atoms with Crippen LogP contribution < -0.4 is 5.32 Å². The fourth-order valence-electron chi connectivity index (χ4n) is 4.09. The molecule has 2 aliphatic rings. The standard InChI is InChI=1S/C21H24N2O3S/c1-21(2)13-19(15-6-4-3-5-7-15)23(14-21)27(25,26)17-9-10-18-16(12-17)8-11-20(24)22-18/h3-7,9-10,12,19H,8,11,13-14H2,1-2H3,(H,22,24). The minimum atomic E-state index is -3.63. The van der Waals surface area contributed by atoms with E-state index in [2.05, 4.69) is 19.2 Å². The van der Waals surface area contributed by atoms with Crippen LogP contribution in [0.5, 0.6) is 0 Å². The summed E-state index contributed by atoms with van der Waals surface area (Å²) in [5.74, 6) is -0.0245. The van der Waals surface area contributed by atoms with Crippen molar-refractivity contribution in [2.45, 2.75) is 44.0 Å². The van der Waals surface area contributed by atoms with Gasteiger partial charge in [0.2, 0.25) is 15.9 Å². The quantitative estimate of drug-likeness (QED) is 0.877. The summed E-state index contributed by atoms with van der Waals surface area (Å²) in [5.41, 5.74) is 2.53. The SMILES string of the molecule is CC1(C)CC(c2ccccc2)N(S(=O)(=O)c2ccc3c(c2)CCC(=O)N3)C1. The number of nitrogens with zero attached hydrogens (tertiary/aromatic N) is 1. The number of nitrogens with one attached hydrogen (secondary N) is 1. The highest BCUT2D eigenvalue weighted by Crippen LogP contribution is 2.45. The number of fused-ring (bicyclic) bond motifs is 1. The summed E-state index contributed by atoms with van der Waals surface area (Å²) in [6.07, 6.45) is 1.75. The molecule has 1 atom stereocenters. The first-order valence-corrected chi connectivity index (χ1v) is 10.7. The molecule has 0 aliphatic carbocycles. The zero-order valence-corrected chi connectivity index (χ0v) is 16.4. The lowest BCUT2D eigenvalue weighted by Crippen LogP contribution is -2.32. The summed E-state index contributed by atoms with van der Waals surface area (Å²) in [6.45, 7) is 4.71. The molecule has 0 spiro atoms. The van der Waals surface area contributed by atoms with Crippen molar-refractivity contribution in [1.29, 1.82) is 0 Å². The van der Waals surface area contributed by atoms with E-state index in [9.17, 15) is 13.2 Å². The van der Waals surface area contributed by atoms with Crippen molar-refractivity contribution in [3.05, 3.63) is 59.7 Å². The molecule has 2 heterocycles. The third-order valence-electron chi connectivity index (χ3n) is 5.44. The van der Waals surface area contributed by atoms with Gasteiger partial charge < -0.3 is 5.32 Å². The second-order valence-electron chi connectivity index (χ2n) is 8.21. The van der Waals surface area contributed by atoms with Crippen LogP contribution in [0.25, 0.3) is 0 Å². The minimum absolute atomic E-state index is 0.0245. The molecule has 1 N–H and O–H groups in total. The number of sulfonamides is 1. The molecule has 1 saturated heterocycles. The van der Waals surface area contributed by atoms with Crippen LogP contribution in [0.15, 0.2) is 53.4 Å². The van der Waals surface area contributed by atoms with Gasteiger partial charge in [0.1, 0.15) is 0 Å². The summed E-state index contributed by atoms with van der Waals surface area (Å²) in [5, 5.41) is 2.81. The fraction of sp³-hybridized carbons (Fsp3) is 0.381. The van der Waals surface area contributed by atoms with E-state index in [0.717, 1.165) is 17.5 Å². The molecule has 0 aromatic heterocycles. The molecule has 4 rings (SSSR count). The van der Waals surface area contributed by atoms with Gasteiger partial charge in [-0.05, 0) is 47.6 Å². The highest BCUT2D eigenvalue weighted by Gasteiger charge is 2.44. The first-order chi connectivity index (χ1) is 12.8. The van der Waals surface area contributed by atoms with Gasteiger partial charge in [0.05, 0.1) is 10.9 Å². The topological polar surface area (TPSA) is 66.5 Å². The Morgan fingerprint density at radius 3 is 2.56 bits per heavy atom. The Balaban J connectivity index is 1.73. The van der Waals surface area contributed by atoms with Crippen LogP contribution in [-0.2, 0) is 21.2 Å². The van der Waals surface area contributed by atoms with Crippen LogP contribution in [0.1, 0.15) is 43.9 Å². The normalized spacial score (nSPS) is 22.3. The third kappa shape index (κ3) is 3.39. The van der Waals surface area contributed by atoms with Crippen molar-refractivity contribution >= 4 is 21.6 Å². The second kappa shape index (κ2) is 6.46. The molecular weight excluding hydrogens is 360 g/mol. The molecule has 1 amide bonds. The summed E-state index contributed by atoms with van der Waals surface area (Å²) in [4.78, 5) is 11.9. The van der Waals surface area contributed by atoms with Gasteiger partial charge in [-0.1, -0.05) is 44.2 Å². The van der Waals surface area contributed by atoms with E-state index in [1.807, 2.05) is 30.3 Å². The van der Waals surface area contributed by atoms with Gasteiger partial charge in [-0.15, -0.1) is 0 Å². The van der Waals surface area contributed by atoms with Gasteiger partial charge in [0.15, 0.2) is 0 Å². The Hall–Kier alpha value is -2.18. The maximum Gasteiger partial charge on any atom is 0.243 e. The zero-order chi connectivity index (χ0) is 19.2. The molecule has 27 heavy (non-hydrogen) atoms. The molecule has 6 heteroatoms. The summed E-state index contributed by atoms with van der Waals surface area (Å²) in [7, 11) is -3.63. The van der Waals surface area contributed by atoms with Gasteiger partial charge in [-0.25, -0.2) is 8.42 Å². The van der Waals surface area contributed by atoms with E-state index in [1.54, 1.807) is 22.5 Å². The van der Waals surface area contributed by atoms with Gasteiger partial charge in [-0.3, -0.25) is 4.79 Å². The van der Waals surface area contributed by atoms with Crippen LogP contribution in [-0.4, -0.2) is 25.2 Å². The molecule has 0 saturated carbocycles. The van der Waals surface area contributed by atoms with Crippen LogP contribution in [0.4, 0.5) is 5.69 Å². The van der Waals surface area contributed by atoms with E-state index in [4.69, 9.17) is 0 Å². The third-order valence-corrected chi connectivity index (χ3v) is 7.29. The lowest BCUT2D eigenvalue weighted by Gasteiger charge is -2.25. The number of rotatable bonds is 3. The van der Waals surface area contributed by atoms with E-state index < -0.39 is 10.0 Å². The average molecular weight is 385 g/mol. The molecule has 2 aromatic rings. The van der Waals surface area contributed by atoms with Crippen LogP contribution >= 0.6 is 0 Å². The van der Waals surface area contributed by atoms with Crippen molar-refractivity contribution in [2.75, 3.05) is 11.9 Å². The molecule has 5 nitrogen and oxygen atoms in total. The number of hydrogen-bond donors (Lipinski definition) is 1. The van der Waals surface area contributed by atoms with Crippen molar-refractivity contribution in [1.82, 2.24) is 4.31 Å². The first kappa shape index (κ1) is 18.2. The molecule has 1 unspecified atom stereocenters. The summed E-state index contributed by atoms with van der Waals surface area (Å²) < 4.78 is 28.6. The maximum absolute atomic E-state index is 13.5. The lowest BCUT2D eigenvalue weighted by molar-refractivity contribution is -0.116. The number of hydrogen-bond acceptors (Lipinski definition) is 3. The summed E-state index contributed by atoms with van der Waals surface area (Å²) >= 11 is 0. The zero-order valence-electron chi connectivity index (χ0n) is 15.6. The van der Waals surface area contributed by atoms with Crippen LogP contribution in [0.3, 0.4) is 0 Å². The van der Waals surface area contributed by atoms with E-state index in [0.29, 0.717) is 30.0 Å². The van der Waals surface area contributed by atoms with Crippen molar-refractivity contribution in [3.8, 4) is 0 Å². The number of carbonyl (C=O) groups excluding carboxylic acids is 1. The molecule has 0 bridgehead atoms. The van der Waals surface area contributed by atoms with Gasteiger partial charge in [-0.2, -0.15) is 4.31 Å². The van der Waals surface area contributed by atoms with Crippen molar-refractivity contribution in [3.63, 3.8) is 0 Å². The van der Waals surface area contributed by atoms with Crippen LogP contribution in [0, 0.1) is 5.41 Å². The maximum atomic E-state index is 13.5. The smallest absolute Gasteiger partial charge is 0.243 e. The van der Waals surface area contributed by atoms with Gasteiger partial charge in [0.25, 0.3) is 0 Å². The number of anilines is 1. The van der Waals surface area contributed by atoms with E-state index in [1.165, 1.54) is 0 Å².